The second-order valence-corrected chi connectivity index (χ2v) is 6.34. The highest BCUT2D eigenvalue weighted by Gasteiger charge is 2.07. The Morgan fingerprint density at radius 2 is 1.92 bits per heavy atom. The van der Waals surface area contributed by atoms with E-state index in [2.05, 4.69) is 58.0 Å². The fraction of sp³-hybridized carbons (Fsp3) is 0.143. The standard InChI is InChI=1S/C21H19N3O2/c1-14-9-10-24(13-14)16-5-3-15(4-6-16)11-20-22-19-8-7-17(26-2)12-18(19)21(25)23-20/h3-10,12-13H,11H2,1-2H3,(H,22,23,25). The van der Waals surface area contributed by atoms with Gasteiger partial charge in [-0.3, -0.25) is 4.79 Å². The summed E-state index contributed by atoms with van der Waals surface area (Å²) in [4.78, 5) is 19.8. The molecule has 0 spiro atoms. The molecule has 4 aromatic rings. The van der Waals surface area contributed by atoms with Crippen LogP contribution >= 0.6 is 0 Å². The number of rotatable bonds is 4. The van der Waals surface area contributed by atoms with Gasteiger partial charge in [-0.15, -0.1) is 0 Å². The molecule has 0 saturated heterocycles. The Kier molecular flexibility index (Phi) is 4.05. The van der Waals surface area contributed by atoms with E-state index >= 15 is 0 Å². The number of nitrogens with one attached hydrogen (secondary N) is 1. The van der Waals surface area contributed by atoms with Gasteiger partial charge in [-0.2, -0.15) is 0 Å². The molecule has 1 N–H and O–H groups in total. The smallest absolute Gasteiger partial charge is 0.258 e. The Hall–Kier alpha value is -3.34. The lowest BCUT2D eigenvalue weighted by Gasteiger charge is -2.07. The van der Waals surface area contributed by atoms with E-state index in [4.69, 9.17) is 4.74 Å². The van der Waals surface area contributed by atoms with Gasteiger partial charge in [0.1, 0.15) is 11.6 Å². The third-order valence-electron chi connectivity index (χ3n) is 4.41. The van der Waals surface area contributed by atoms with Crippen molar-refractivity contribution >= 4 is 10.9 Å². The number of H-pyrrole nitrogens is 1. The van der Waals surface area contributed by atoms with E-state index in [0.29, 0.717) is 28.9 Å². The van der Waals surface area contributed by atoms with Crippen molar-refractivity contribution in [2.45, 2.75) is 13.3 Å². The van der Waals surface area contributed by atoms with Gasteiger partial charge in [-0.05, 0) is 54.4 Å². The van der Waals surface area contributed by atoms with E-state index < -0.39 is 0 Å². The number of ether oxygens (including phenoxy) is 1. The van der Waals surface area contributed by atoms with Gasteiger partial charge in [-0.1, -0.05) is 12.1 Å². The van der Waals surface area contributed by atoms with Crippen LogP contribution in [0.5, 0.6) is 5.75 Å². The minimum Gasteiger partial charge on any atom is -0.497 e. The Morgan fingerprint density at radius 1 is 1.12 bits per heavy atom. The second kappa shape index (κ2) is 6.52. The first kappa shape index (κ1) is 16.1. The van der Waals surface area contributed by atoms with Crippen molar-refractivity contribution in [2.75, 3.05) is 7.11 Å². The first-order valence-corrected chi connectivity index (χ1v) is 8.43. The largest absolute Gasteiger partial charge is 0.497 e. The molecule has 0 amide bonds. The second-order valence-electron chi connectivity index (χ2n) is 6.34. The molecule has 5 heteroatoms. The van der Waals surface area contributed by atoms with Gasteiger partial charge >= 0.3 is 0 Å². The lowest BCUT2D eigenvalue weighted by atomic mass is 10.1. The molecule has 0 unspecified atom stereocenters. The zero-order chi connectivity index (χ0) is 18.1. The van der Waals surface area contributed by atoms with Crippen molar-refractivity contribution in [2.24, 2.45) is 0 Å². The fourth-order valence-electron chi connectivity index (χ4n) is 3.02. The van der Waals surface area contributed by atoms with E-state index in [-0.39, 0.29) is 5.56 Å². The molecular weight excluding hydrogens is 326 g/mol. The topological polar surface area (TPSA) is 59.9 Å². The van der Waals surface area contributed by atoms with Crippen LogP contribution in [0.1, 0.15) is 17.0 Å². The van der Waals surface area contributed by atoms with Crippen molar-refractivity contribution in [3.8, 4) is 11.4 Å². The number of nitrogens with zero attached hydrogens (tertiary/aromatic N) is 2. The van der Waals surface area contributed by atoms with E-state index in [1.54, 1.807) is 13.2 Å². The average Bonchev–Trinajstić information content (AvgIpc) is 3.08. The minimum atomic E-state index is -0.150. The molecule has 26 heavy (non-hydrogen) atoms. The Morgan fingerprint density at radius 3 is 2.62 bits per heavy atom. The van der Waals surface area contributed by atoms with Crippen LogP contribution in [0, 0.1) is 6.92 Å². The van der Waals surface area contributed by atoms with Crippen LogP contribution < -0.4 is 10.3 Å². The maximum absolute atomic E-state index is 12.3. The normalized spacial score (nSPS) is 11.0. The van der Waals surface area contributed by atoms with Crippen molar-refractivity contribution < 1.29 is 4.74 Å². The van der Waals surface area contributed by atoms with E-state index in [1.165, 1.54) is 5.56 Å². The molecule has 0 saturated carbocycles. The number of hydrogen-bond donors (Lipinski definition) is 1. The van der Waals surface area contributed by atoms with Gasteiger partial charge in [0.25, 0.3) is 5.56 Å². The van der Waals surface area contributed by atoms with Crippen LogP contribution in [-0.2, 0) is 6.42 Å². The molecule has 4 rings (SSSR count). The lowest BCUT2D eigenvalue weighted by molar-refractivity contribution is 0.415. The molecule has 0 aliphatic carbocycles. The summed E-state index contributed by atoms with van der Waals surface area (Å²) in [6.07, 6.45) is 4.70. The van der Waals surface area contributed by atoms with Gasteiger partial charge in [0.2, 0.25) is 0 Å². The zero-order valence-corrected chi connectivity index (χ0v) is 14.7. The molecular formula is C21H19N3O2. The average molecular weight is 345 g/mol. The van der Waals surface area contributed by atoms with Crippen molar-refractivity contribution in [3.63, 3.8) is 0 Å². The van der Waals surface area contributed by atoms with E-state index in [1.807, 2.05) is 18.3 Å². The molecule has 2 heterocycles. The number of aromatic nitrogens is 3. The van der Waals surface area contributed by atoms with Gasteiger partial charge < -0.3 is 14.3 Å². The van der Waals surface area contributed by atoms with Crippen LogP contribution in [0.3, 0.4) is 0 Å². The third-order valence-corrected chi connectivity index (χ3v) is 4.41. The van der Waals surface area contributed by atoms with Crippen molar-refractivity contribution in [1.82, 2.24) is 14.5 Å². The Labute approximate surface area is 150 Å². The number of aromatic amines is 1. The molecule has 0 radical (unpaired) electrons. The summed E-state index contributed by atoms with van der Waals surface area (Å²) < 4.78 is 7.26. The molecule has 0 aliphatic heterocycles. The van der Waals surface area contributed by atoms with Crippen LogP contribution in [0.4, 0.5) is 0 Å². The molecule has 0 bridgehead atoms. The molecule has 130 valence electrons. The molecule has 5 nitrogen and oxygen atoms in total. The summed E-state index contributed by atoms with van der Waals surface area (Å²) in [6.45, 7) is 2.07. The zero-order valence-electron chi connectivity index (χ0n) is 14.7. The Bertz CT molecular complexity index is 1120. The van der Waals surface area contributed by atoms with Gasteiger partial charge in [-0.25, -0.2) is 4.98 Å². The van der Waals surface area contributed by atoms with Gasteiger partial charge in [0.05, 0.1) is 18.0 Å². The molecule has 2 aromatic carbocycles. The summed E-state index contributed by atoms with van der Waals surface area (Å²) in [5.74, 6) is 1.30. The third kappa shape index (κ3) is 3.11. The van der Waals surface area contributed by atoms with Gasteiger partial charge in [0.15, 0.2) is 0 Å². The predicted octanol–water partition coefficient (Wildman–Crippen LogP) is 3.62. The summed E-state index contributed by atoms with van der Waals surface area (Å²) in [6, 6.07) is 15.7. The highest BCUT2D eigenvalue weighted by atomic mass is 16.5. The summed E-state index contributed by atoms with van der Waals surface area (Å²) in [5, 5.41) is 0.534. The van der Waals surface area contributed by atoms with Crippen molar-refractivity contribution in [3.05, 3.63) is 88.2 Å². The van der Waals surface area contributed by atoms with Crippen LogP contribution in [-0.4, -0.2) is 21.6 Å². The number of methoxy groups -OCH3 is 1. The Balaban J connectivity index is 1.61. The molecule has 0 atom stereocenters. The summed E-state index contributed by atoms with van der Waals surface area (Å²) in [7, 11) is 1.58. The maximum Gasteiger partial charge on any atom is 0.258 e. The van der Waals surface area contributed by atoms with Crippen LogP contribution in [0.25, 0.3) is 16.6 Å². The maximum atomic E-state index is 12.3. The molecule has 0 fully saturated rings. The van der Waals surface area contributed by atoms with E-state index in [9.17, 15) is 4.79 Å². The van der Waals surface area contributed by atoms with E-state index in [0.717, 1.165) is 11.3 Å². The summed E-state index contributed by atoms with van der Waals surface area (Å²) >= 11 is 0. The highest BCUT2D eigenvalue weighted by Crippen LogP contribution is 2.17. The number of aryl methyl sites for hydroxylation is 1. The van der Waals surface area contributed by atoms with Crippen molar-refractivity contribution in [1.29, 1.82) is 0 Å². The highest BCUT2D eigenvalue weighted by molar-refractivity contribution is 5.79. The summed E-state index contributed by atoms with van der Waals surface area (Å²) in [5.41, 5.74) is 3.94. The number of benzene rings is 2. The minimum absolute atomic E-state index is 0.150. The predicted molar refractivity (Wildman–Crippen MR) is 102 cm³/mol. The lowest BCUT2D eigenvalue weighted by Crippen LogP contribution is -2.12. The monoisotopic (exact) mass is 345 g/mol. The quantitative estimate of drug-likeness (QED) is 0.614. The van der Waals surface area contributed by atoms with Crippen LogP contribution in [0.2, 0.25) is 0 Å². The number of hydrogen-bond acceptors (Lipinski definition) is 3. The van der Waals surface area contributed by atoms with Gasteiger partial charge in [0, 0.05) is 24.5 Å². The molecule has 2 aromatic heterocycles. The fourth-order valence-corrected chi connectivity index (χ4v) is 3.02. The number of fused-ring (bicyclic) bond motifs is 1. The first-order valence-electron chi connectivity index (χ1n) is 8.43. The first-order chi connectivity index (χ1) is 12.6. The SMILES string of the molecule is COc1ccc2nc(Cc3ccc(-n4ccc(C)c4)cc3)[nH]c(=O)c2c1. The molecule has 0 aliphatic rings. The van der Waals surface area contributed by atoms with Crippen LogP contribution in [0.15, 0.2) is 65.7 Å².